The van der Waals surface area contributed by atoms with Crippen LogP contribution in [0.3, 0.4) is 0 Å². The minimum Gasteiger partial charge on any atom is -0.326 e. The fourth-order valence-corrected chi connectivity index (χ4v) is 2.50. The number of anilines is 1. The van der Waals surface area contributed by atoms with E-state index in [1.807, 2.05) is 12.1 Å². The maximum Gasteiger partial charge on any atom is 0.224 e. The number of carbonyl (C=O) groups excluding carboxylic acids is 1. The Morgan fingerprint density at radius 1 is 1.24 bits per heavy atom. The fraction of sp³-hybridized carbons (Fsp3) is 0.200. The molecule has 0 aliphatic carbocycles. The molecule has 0 spiro atoms. The molecule has 0 saturated carbocycles. The second kappa shape index (κ2) is 6.49. The Balaban J connectivity index is 1.97. The van der Waals surface area contributed by atoms with Gasteiger partial charge in [0.05, 0.1) is 4.90 Å². The minimum atomic E-state index is -3.28. The van der Waals surface area contributed by atoms with Gasteiger partial charge in [-0.25, -0.2) is 8.42 Å². The molecule has 21 heavy (non-hydrogen) atoms. The summed E-state index contributed by atoms with van der Waals surface area (Å²) in [5.74, 6) is -0.162. The van der Waals surface area contributed by atoms with Crippen LogP contribution >= 0.6 is 0 Å². The monoisotopic (exact) mass is 304 g/mol. The first kappa shape index (κ1) is 15.2. The molecular formula is C15H16N2O3S. The highest BCUT2D eigenvalue weighted by Gasteiger charge is 2.09. The highest BCUT2D eigenvalue weighted by molar-refractivity contribution is 7.90. The molecule has 1 N–H and O–H groups in total. The van der Waals surface area contributed by atoms with Gasteiger partial charge < -0.3 is 5.32 Å². The number of carbonyl (C=O) groups is 1. The van der Waals surface area contributed by atoms with E-state index in [0.717, 1.165) is 11.8 Å². The Hall–Kier alpha value is -2.21. The molecule has 0 saturated heterocycles. The van der Waals surface area contributed by atoms with Gasteiger partial charge in [-0.3, -0.25) is 9.78 Å². The highest BCUT2D eigenvalue weighted by Crippen LogP contribution is 2.15. The van der Waals surface area contributed by atoms with Crippen molar-refractivity contribution < 1.29 is 13.2 Å². The van der Waals surface area contributed by atoms with Crippen LogP contribution in [0, 0.1) is 0 Å². The van der Waals surface area contributed by atoms with E-state index in [4.69, 9.17) is 0 Å². The quantitative estimate of drug-likeness (QED) is 0.917. The molecule has 1 aromatic carbocycles. The van der Waals surface area contributed by atoms with Crippen molar-refractivity contribution in [3.05, 3.63) is 54.4 Å². The number of sulfone groups is 1. The van der Waals surface area contributed by atoms with Gasteiger partial charge in [0, 0.05) is 30.8 Å². The van der Waals surface area contributed by atoms with Crippen molar-refractivity contribution in [2.75, 3.05) is 11.6 Å². The van der Waals surface area contributed by atoms with E-state index in [0.29, 0.717) is 18.5 Å². The van der Waals surface area contributed by atoms with E-state index >= 15 is 0 Å². The first-order chi connectivity index (χ1) is 9.95. The molecule has 110 valence electrons. The van der Waals surface area contributed by atoms with Gasteiger partial charge in [-0.2, -0.15) is 0 Å². The number of pyridine rings is 1. The zero-order chi connectivity index (χ0) is 15.3. The van der Waals surface area contributed by atoms with E-state index in [-0.39, 0.29) is 10.8 Å². The first-order valence-electron chi connectivity index (χ1n) is 6.44. The van der Waals surface area contributed by atoms with Crippen molar-refractivity contribution in [3.8, 4) is 0 Å². The molecule has 0 aliphatic heterocycles. The molecule has 0 atom stereocenters. The fourth-order valence-electron chi connectivity index (χ4n) is 1.83. The predicted molar refractivity (Wildman–Crippen MR) is 80.7 cm³/mol. The van der Waals surface area contributed by atoms with Gasteiger partial charge in [0.1, 0.15) is 0 Å². The normalized spacial score (nSPS) is 11.1. The summed E-state index contributed by atoms with van der Waals surface area (Å²) in [6.07, 6.45) is 5.44. The SMILES string of the molecule is CS(=O)(=O)c1cccc(NC(=O)CCc2cccnc2)c1. The summed E-state index contributed by atoms with van der Waals surface area (Å²) >= 11 is 0. The summed E-state index contributed by atoms with van der Waals surface area (Å²) in [5, 5.41) is 2.70. The third kappa shape index (κ3) is 4.68. The van der Waals surface area contributed by atoms with Gasteiger partial charge in [0.2, 0.25) is 5.91 Å². The third-order valence-electron chi connectivity index (χ3n) is 2.91. The number of rotatable bonds is 5. The topological polar surface area (TPSA) is 76.1 Å². The van der Waals surface area contributed by atoms with Gasteiger partial charge >= 0.3 is 0 Å². The van der Waals surface area contributed by atoms with Crippen LogP contribution in [0.15, 0.2) is 53.7 Å². The molecule has 1 aromatic heterocycles. The lowest BCUT2D eigenvalue weighted by Gasteiger charge is -2.06. The molecule has 0 aliphatic rings. The number of amides is 1. The van der Waals surface area contributed by atoms with Gasteiger partial charge in [-0.15, -0.1) is 0 Å². The van der Waals surface area contributed by atoms with E-state index < -0.39 is 9.84 Å². The van der Waals surface area contributed by atoms with Crippen molar-refractivity contribution in [2.45, 2.75) is 17.7 Å². The molecular weight excluding hydrogens is 288 g/mol. The third-order valence-corrected chi connectivity index (χ3v) is 4.02. The van der Waals surface area contributed by atoms with Crippen molar-refractivity contribution in [2.24, 2.45) is 0 Å². The average Bonchev–Trinajstić information content (AvgIpc) is 2.46. The van der Waals surface area contributed by atoms with Crippen LogP contribution in [0.1, 0.15) is 12.0 Å². The summed E-state index contributed by atoms with van der Waals surface area (Å²) in [4.78, 5) is 16.0. The van der Waals surface area contributed by atoms with Crippen molar-refractivity contribution in [3.63, 3.8) is 0 Å². The Morgan fingerprint density at radius 3 is 2.71 bits per heavy atom. The largest absolute Gasteiger partial charge is 0.326 e. The number of aromatic nitrogens is 1. The molecule has 0 fully saturated rings. The number of benzene rings is 1. The lowest BCUT2D eigenvalue weighted by atomic mass is 10.1. The minimum absolute atomic E-state index is 0.162. The summed E-state index contributed by atoms with van der Waals surface area (Å²) in [6.45, 7) is 0. The summed E-state index contributed by atoms with van der Waals surface area (Å²) < 4.78 is 22.9. The summed E-state index contributed by atoms with van der Waals surface area (Å²) in [7, 11) is -3.28. The van der Waals surface area contributed by atoms with Gasteiger partial charge in [-0.05, 0) is 36.2 Å². The molecule has 0 unspecified atom stereocenters. The van der Waals surface area contributed by atoms with Crippen LogP contribution in [-0.2, 0) is 21.1 Å². The predicted octanol–water partition coefficient (Wildman–Crippen LogP) is 2.06. The zero-order valence-electron chi connectivity index (χ0n) is 11.6. The van der Waals surface area contributed by atoms with E-state index in [1.54, 1.807) is 24.5 Å². The maximum atomic E-state index is 11.9. The maximum absolute atomic E-state index is 11.9. The lowest BCUT2D eigenvalue weighted by Crippen LogP contribution is -2.12. The molecule has 1 amide bonds. The number of aryl methyl sites for hydroxylation is 1. The molecule has 1 heterocycles. The average molecular weight is 304 g/mol. The highest BCUT2D eigenvalue weighted by atomic mass is 32.2. The molecule has 0 bridgehead atoms. The summed E-state index contributed by atoms with van der Waals surface area (Å²) in [6, 6.07) is 9.95. The van der Waals surface area contributed by atoms with Gasteiger partial charge in [0.25, 0.3) is 0 Å². The van der Waals surface area contributed by atoms with E-state index in [9.17, 15) is 13.2 Å². The van der Waals surface area contributed by atoms with Crippen LogP contribution in [0.25, 0.3) is 0 Å². The van der Waals surface area contributed by atoms with Crippen molar-refractivity contribution in [1.29, 1.82) is 0 Å². The van der Waals surface area contributed by atoms with Gasteiger partial charge in [0.15, 0.2) is 9.84 Å². The Bertz CT molecular complexity index is 728. The first-order valence-corrected chi connectivity index (χ1v) is 8.33. The van der Waals surface area contributed by atoms with Crippen LogP contribution < -0.4 is 5.32 Å². The van der Waals surface area contributed by atoms with E-state index in [1.165, 1.54) is 12.1 Å². The second-order valence-electron chi connectivity index (χ2n) is 4.71. The Labute approximate surface area is 124 Å². The van der Waals surface area contributed by atoms with Crippen LogP contribution in [0.2, 0.25) is 0 Å². The van der Waals surface area contributed by atoms with Crippen molar-refractivity contribution in [1.82, 2.24) is 4.98 Å². The van der Waals surface area contributed by atoms with Crippen LogP contribution in [0.5, 0.6) is 0 Å². The summed E-state index contributed by atoms with van der Waals surface area (Å²) in [5.41, 5.74) is 1.46. The molecule has 2 aromatic rings. The number of hydrogen-bond donors (Lipinski definition) is 1. The van der Waals surface area contributed by atoms with Crippen LogP contribution in [-0.4, -0.2) is 25.6 Å². The lowest BCUT2D eigenvalue weighted by molar-refractivity contribution is -0.116. The molecule has 2 rings (SSSR count). The molecule has 5 nitrogen and oxygen atoms in total. The van der Waals surface area contributed by atoms with Crippen LogP contribution in [0.4, 0.5) is 5.69 Å². The standard InChI is InChI=1S/C15H16N2O3S/c1-21(19,20)14-6-2-5-13(10-14)17-15(18)8-7-12-4-3-9-16-11-12/h2-6,9-11H,7-8H2,1H3,(H,17,18). The smallest absolute Gasteiger partial charge is 0.224 e. The molecule has 0 radical (unpaired) electrons. The van der Waals surface area contributed by atoms with E-state index in [2.05, 4.69) is 10.3 Å². The Kier molecular flexibility index (Phi) is 4.70. The van der Waals surface area contributed by atoms with Gasteiger partial charge in [-0.1, -0.05) is 12.1 Å². The number of nitrogens with zero attached hydrogens (tertiary/aromatic N) is 1. The second-order valence-corrected chi connectivity index (χ2v) is 6.73. The Morgan fingerprint density at radius 2 is 2.05 bits per heavy atom. The van der Waals surface area contributed by atoms with Crippen molar-refractivity contribution >= 4 is 21.4 Å². The number of nitrogens with one attached hydrogen (secondary N) is 1. The molecule has 6 heteroatoms. The number of hydrogen-bond acceptors (Lipinski definition) is 4. The zero-order valence-corrected chi connectivity index (χ0v) is 12.4.